The van der Waals surface area contributed by atoms with Gasteiger partial charge >= 0.3 is 0 Å². The lowest BCUT2D eigenvalue weighted by Gasteiger charge is -2.35. The summed E-state index contributed by atoms with van der Waals surface area (Å²) in [5.41, 5.74) is 2.34. The average molecular weight is 456 g/mol. The van der Waals surface area contributed by atoms with Gasteiger partial charge in [-0.15, -0.1) is 0 Å². The second-order valence-electron chi connectivity index (χ2n) is 7.66. The van der Waals surface area contributed by atoms with Gasteiger partial charge < -0.3 is 20.3 Å². The summed E-state index contributed by atoms with van der Waals surface area (Å²) in [6.45, 7) is 6.58. The standard InChI is InChI=1S/C23H29N5OS2/c1-29-16-10-24-23(30)25-19-6-4-5-18(17-19)9-11-27-12-14-28(15-13-27)22-20-7-2-3-8-21(20)31-26-22/h2-8,17H,9-16H2,1H3,(H2,24,25,30). The van der Waals surface area contributed by atoms with E-state index in [4.69, 9.17) is 21.3 Å². The molecule has 8 heteroatoms. The number of hydrogen-bond donors (Lipinski definition) is 2. The second kappa shape index (κ2) is 10.9. The van der Waals surface area contributed by atoms with Crippen molar-refractivity contribution in [2.75, 3.05) is 63.2 Å². The molecule has 1 fully saturated rings. The van der Waals surface area contributed by atoms with Crippen LogP contribution in [0.15, 0.2) is 48.5 Å². The van der Waals surface area contributed by atoms with Crippen molar-refractivity contribution >= 4 is 50.5 Å². The minimum atomic E-state index is 0.625. The summed E-state index contributed by atoms with van der Waals surface area (Å²) in [5.74, 6) is 1.15. The Bertz CT molecular complexity index is 1000. The predicted octanol–water partition coefficient (Wildman–Crippen LogP) is 3.59. The van der Waals surface area contributed by atoms with Crippen LogP contribution in [0.25, 0.3) is 10.1 Å². The van der Waals surface area contributed by atoms with Crippen molar-refractivity contribution in [3.63, 3.8) is 0 Å². The molecule has 2 heterocycles. The Hall–Kier alpha value is -2.26. The Balaban J connectivity index is 1.25. The van der Waals surface area contributed by atoms with E-state index in [0.717, 1.165) is 50.6 Å². The van der Waals surface area contributed by atoms with Crippen molar-refractivity contribution in [1.82, 2.24) is 14.6 Å². The zero-order valence-electron chi connectivity index (χ0n) is 17.8. The van der Waals surface area contributed by atoms with Crippen LogP contribution in [0.2, 0.25) is 0 Å². The van der Waals surface area contributed by atoms with Crippen molar-refractivity contribution in [2.24, 2.45) is 0 Å². The molecule has 3 aromatic rings. The van der Waals surface area contributed by atoms with Crippen molar-refractivity contribution in [3.05, 3.63) is 54.1 Å². The minimum Gasteiger partial charge on any atom is -0.383 e. The summed E-state index contributed by atoms with van der Waals surface area (Å²) in [6.07, 6.45) is 1.03. The molecule has 31 heavy (non-hydrogen) atoms. The van der Waals surface area contributed by atoms with Crippen molar-refractivity contribution < 1.29 is 4.74 Å². The van der Waals surface area contributed by atoms with E-state index >= 15 is 0 Å². The smallest absolute Gasteiger partial charge is 0.170 e. The van der Waals surface area contributed by atoms with Gasteiger partial charge in [0.1, 0.15) is 5.82 Å². The normalized spacial score (nSPS) is 14.7. The molecule has 2 N–H and O–H groups in total. The van der Waals surface area contributed by atoms with Crippen LogP contribution < -0.4 is 15.5 Å². The van der Waals surface area contributed by atoms with Crippen LogP contribution in [0.4, 0.5) is 11.5 Å². The van der Waals surface area contributed by atoms with Gasteiger partial charge in [-0.3, -0.25) is 4.90 Å². The van der Waals surface area contributed by atoms with Crippen LogP contribution in [-0.4, -0.2) is 67.4 Å². The van der Waals surface area contributed by atoms with Crippen LogP contribution >= 0.6 is 23.8 Å². The summed E-state index contributed by atoms with van der Waals surface area (Å²) < 4.78 is 11.0. The molecular weight excluding hydrogens is 426 g/mol. The lowest BCUT2D eigenvalue weighted by Crippen LogP contribution is -2.47. The largest absolute Gasteiger partial charge is 0.383 e. The van der Waals surface area contributed by atoms with Crippen LogP contribution in [0, 0.1) is 0 Å². The van der Waals surface area contributed by atoms with Gasteiger partial charge in [-0.05, 0) is 60.0 Å². The van der Waals surface area contributed by atoms with Crippen LogP contribution in [0.1, 0.15) is 5.56 Å². The molecule has 6 nitrogen and oxygen atoms in total. The molecule has 0 spiro atoms. The number of fused-ring (bicyclic) bond motifs is 1. The van der Waals surface area contributed by atoms with Crippen molar-refractivity contribution in [3.8, 4) is 0 Å². The highest BCUT2D eigenvalue weighted by atomic mass is 32.1. The molecular formula is C23H29N5OS2. The Kier molecular flexibility index (Phi) is 7.69. The molecule has 164 valence electrons. The zero-order chi connectivity index (χ0) is 21.5. The molecule has 0 atom stereocenters. The summed E-state index contributed by atoms with van der Waals surface area (Å²) >= 11 is 6.93. The minimum absolute atomic E-state index is 0.625. The Morgan fingerprint density at radius 1 is 1.13 bits per heavy atom. The van der Waals surface area contributed by atoms with E-state index in [1.165, 1.54) is 15.6 Å². The van der Waals surface area contributed by atoms with Gasteiger partial charge in [-0.1, -0.05) is 24.3 Å². The average Bonchev–Trinajstić information content (AvgIpc) is 3.23. The van der Waals surface area contributed by atoms with E-state index in [2.05, 4.69) is 62.9 Å². The number of anilines is 2. The fraction of sp³-hybridized carbons (Fsp3) is 0.391. The van der Waals surface area contributed by atoms with Gasteiger partial charge in [0.15, 0.2) is 5.11 Å². The lowest BCUT2D eigenvalue weighted by atomic mass is 10.1. The number of ether oxygens (including phenoxy) is 1. The number of nitrogens with one attached hydrogen (secondary N) is 2. The number of thiocarbonyl (C=S) groups is 1. The zero-order valence-corrected chi connectivity index (χ0v) is 19.5. The highest BCUT2D eigenvalue weighted by Crippen LogP contribution is 2.29. The quantitative estimate of drug-likeness (QED) is 0.398. The highest BCUT2D eigenvalue weighted by molar-refractivity contribution is 7.80. The molecule has 1 aliphatic heterocycles. The highest BCUT2D eigenvalue weighted by Gasteiger charge is 2.20. The number of rotatable bonds is 8. The monoisotopic (exact) mass is 455 g/mol. The molecule has 4 rings (SSSR count). The summed E-state index contributed by atoms with van der Waals surface area (Å²) in [4.78, 5) is 4.97. The molecule has 0 radical (unpaired) electrons. The summed E-state index contributed by atoms with van der Waals surface area (Å²) in [7, 11) is 1.68. The third-order valence-corrected chi connectivity index (χ3v) is 6.59. The number of benzene rings is 2. The third-order valence-electron chi connectivity index (χ3n) is 5.52. The number of nitrogens with zero attached hydrogens (tertiary/aromatic N) is 3. The number of hydrogen-bond acceptors (Lipinski definition) is 6. The first-order valence-electron chi connectivity index (χ1n) is 10.7. The molecule has 0 aliphatic carbocycles. The van der Waals surface area contributed by atoms with E-state index in [0.29, 0.717) is 18.3 Å². The molecule has 0 bridgehead atoms. The van der Waals surface area contributed by atoms with E-state index in [1.54, 1.807) is 18.6 Å². The predicted molar refractivity (Wildman–Crippen MR) is 135 cm³/mol. The molecule has 2 aromatic carbocycles. The number of aromatic nitrogens is 1. The SMILES string of the molecule is COCCNC(=S)Nc1cccc(CCN2CCN(c3nsc4ccccc34)CC2)c1. The first kappa shape index (κ1) is 22.0. The maximum atomic E-state index is 5.34. The van der Waals surface area contributed by atoms with Gasteiger partial charge in [-0.2, -0.15) is 4.37 Å². The maximum Gasteiger partial charge on any atom is 0.170 e. The van der Waals surface area contributed by atoms with Crippen LogP contribution in [-0.2, 0) is 11.2 Å². The molecule has 0 amide bonds. The summed E-state index contributed by atoms with van der Waals surface area (Å²) in [6, 6.07) is 17.0. The number of piperazine rings is 1. The topological polar surface area (TPSA) is 52.7 Å². The van der Waals surface area contributed by atoms with Crippen LogP contribution in [0.5, 0.6) is 0 Å². The van der Waals surface area contributed by atoms with Crippen LogP contribution in [0.3, 0.4) is 0 Å². The first-order valence-corrected chi connectivity index (χ1v) is 11.9. The lowest BCUT2D eigenvalue weighted by molar-refractivity contribution is 0.204. The Morgan fingerprint density at radius 3 is 2.81 bits per heavy atom. The maximum absolute atomic E-state index is 5.34. The van der Waals surface area contributed by atoms with Gasteiger partial charge in [-0.25, -0.2) is 0 Å². The molecule has 1 aliphatic rings. The molecule has 0 unspecified atom stereocenters. The third kappa shape index (κ3) is 5.92. The van der Waals surface area contributed by atoms with E-state index in [-0.39, 0.29) is 0 Å². The first-order chi connectivity index (χ1) is 15.2. The Labute approximate surface area is 193 Å². The van der Waals surface area contributed by atoms with Gasteiger partial charge in [0.05, 0.1) is 11.3 Å². The Morgan fingerprint density at radius 2 is 1.97 bits per heavy atom. The van der Waals surface area contributed by atoms with Crippen molar-refractivity contribution in [2.45, 2.75) is 6.42 Å². The fourth-order valence-corrected chi connectivity index (χ4v) is 4.83. The molecule has 0 saturated carbocycles. The second-order valence-corrected chi connectivity index (χ2v) is 8.87. The fourth-order valence-electron chi connectivity index (χ4n) is 3.82. The van der Waals surface area contributed by atoms with Crippen molar-refractivity contribution in [1.29, 1.82) is 0 Å². The van der Waals surface area contributed by atoms with Gasteiger partial charge in [0.2, 0.25) is 0 Å². The number of methoxy groups -OCH3 is 1. The van der Waals surface area contributed by atoms with Gasteiger partial charge in [0, 0.05) is 57.5 Å². The molecule has 1 aromatic heterocycles. The molecule has 1 saturated heterocycles. The van der Waals surface area contributed by atoms with E-state index < -0.39 is 0 Å². The summed E-state index contributed by atoms with van der Waals surface area (Å²) in [5, 5.41) is 8.30. The van der Waals surface area contributed by atoms with Gasteiger partial charge in [0.25, 0.3) is 0 Å². The van der Waals surface area contributed by atoms with E-state index in [1.807, 2.05) is 6.07 Å². The van der Waals surface area contributed by atoms with E-state index in [9.17, 15) is 0 Å².